The molecule has 0 unspecified atom stereocenters. The van der Waals surface area contributed by atoms with Crippen molar-refractivity contribution in [1.82, 2.24) is 9.78 Å². The zero-order valence-corrected chi connectivity index (χ0v) is 10.0. The molecule has 1 rings (SSSR count). The van der Waals surface area contributed by atoms with Crippen LogP contribution in [0.3, 0.4) is 0 Å². The summed E-state index contributed by atoms with van der Waals surface area (Å²) in [5.74, 6) is -0.669. The maximum absolute atomic E-state index is 11.6. The highest BCUT2D eigenvalue weighted by molar-refractivity contribution is 5.97. The number of aryl methyl sites for hydroxylation is 1. The summed E-state index contributed by atoms with van der Waals surface area (Å²) >= 11 is 0. The Morgan fingerprint density at radius 2 is 1.88 bits per heavy atom. The Hall–Kier alpha value is -2.05. The first kappa shape index (κ1) is 13.0. The second-order valence-electron chi connectivity index (χ2n) is 3.18. The van der Waals surface area contributed by atoms with Crippen molar-refractivity contribution in [2.24, 2.45) is 0 Å². The van der Waals surface area contributed by atoms with Crippen LogP contribution in [0, 0.1) is 6.92 Å². The Kier molecular flexibility index (Phi) is 4.08. The van der Waals surface area contributed by atoms with Crippen molar-refractivity contribution in [3.05, 3.63) is 11.3 Å². The molecule has 17 heavy (non-hydrogen) atoms. The minimum atomic E-state index is -0.719. The van der Waals surface area contributed by atoms with Crippen LogP contribution in [0.2, 0.25) is 0 Å². The van der Waals surface area contributed by atoms with Crippen LogP contribution in [0.1, 0.15) is 29.9 Å². The highest BCUT2D eigenvalue weighted by Gasteiger charge is 2.24. The molecule has 0 radical (unpaired) electrons. The van der Waals surface area contributed by atoms with Crippen molar-refractivity contribution in [2.75, 3.05) is 18.9 Å². The Labute approximate surface area is 98.5 Å². The molecular formula is C10H15N3O4. The summed E-state index contributed by atoms with van der Waals surface area (Å²) in [4.78, 5) is 23.0. The van der Waals surface area contributed by atoms with E-state index >= 15 is 0 Å². The first-order chi connectivity index (χ1) is 8.02. The molecule has 1 heterocycles. The standard InChI is InChI=1S/C10H15N3O4/c1-4-16-9(14)7-6(3)12-13(8(7)11)10(15)17-5-2/h4-5,11H2,1-3H3. The first-order valence-corrected chi connectivity index (χ1v) is 5.22. The van der Waals surface area contributed by atoms with Gasteiger partial charge < -0.3 is 15.2 Å². The van der Waals surface area contributed by atoms with E-state index in [9.17, 15) is 9.59 Å². The van der Waals surface area contributed by atoms with Gasteiger partial charge in [-0.3, -0.25) is 0 Å². The number of rotatable bonds is 3. The predicted octanol–water partition coefficient (Wildman–Crippen LogP) is 0.955. The number of nitrogens with two attached hydrogens (primary N) is 1. The largest absolute Gasteiger partial charge is 0.462 e. The molecule has 0 aliphatic carbocycles. The van der Waals surface area contributed by atoms with Gasteiger partial charge in [-0.15, -0.1) is 4.68 Å². The van der Waals surface area contributed by atoms with Gasteiger partial charge in [-0.25, -0.2) is 9.59 Å². The average molecular weight is 241 g/mol. The molecular weight excluding hydrogens is 226 g/mol. The molecule has 0 atom stereocenters. The van der Waals surface area contributed by atoms with Gasteiger partial charge in [0.05, 0.1) is 18.9 Å². The maximum atomic E-state index is 11.6. The third kappa shape index (κ3) is 2.55. The van der Waals surface area contributed by atoms with Crippen LogP contribution in [0.5, 0.6) is 0 Å². The first-order valence-electron chi connectivity index (χ1n) is 5.22. The van der Waals surface area contributed by atoms with Crippen LogP contribution in [-0.2, 0) is 9.47 Å². The zero-order valence-electron chi connectivity index (χ0n) is 10.0. The van der Waals surface area contributed by atoms with Gasteiger partial charge in [0.1, 0.15) is 11.4 Å². The highest BCUT2D eigenvalue weighted by atomic mass is 16.6. The van der Waals surface area contributed by atoms with E-state index in [1.54, 1.807) is 20.8 Å². The van der Waals surface area contributed by atoms with E-state index in [1.165, 1.54) is 0 Å². The number of nitrogens with zero attached hydrogens (tertiary/aromatic N) is 2. The van der Waals surface area contributed by atoms with Gasteiger partial charge in [0.2, 0.25) is 0 Å². The minimum absolute atomic E-state index is 0.0700. The number of ether oxygens (including phenoxy) is 2. The number of esters is 1. The van der Waals surface area contributed by atoms with Gasteiger partial charge in [-0.05, 0) is 20.8 Å². The monoisotopic (exact) mass is 241 g/mol. The van der Waals surface area contributed by atoms with Crippen molar-refractivity contribution < 1.29 is 19.1 Å². The van der Waals surface area contributed by atoms with Gasteiger partial charge in [0.15, 0.2) is 0 Å². The van der Waals surface area contributed by atoms with Crippen molar-refractivity contribution in [2.45, 2.75) is 20.8 Å². The summed E-state index contributed by atoms with van der Waals surface area (Å²) in [7, 11) is 0. The van der Waals surface area contributed by atoms with E-state index in [-0.39, 0.29) is 24.6 Å². The molecule has 1 aromatic heterocycles. The zero-order chi connectivity index (χ0) is 13.0. The quantitative estimate of drug-likeness (QED) is 0.791. The molecule has 0 spiro atoms. The van der Waals surface area contributed by atoms with Gasteiger partial charge in [-0.1, -0.05) is 0 Å². The van der Waals surface area contributed by atoms with Crippen LogP contribution in [0.15, 0.2) is 0 Å². The third-order valence-electron chi connectivity index (χ3n) is 2.02. The summed E-state index contributed by atoms with van der Waals surface area (Å²) in [5, 5.41) is 3.85. The van der Waals surface area contributed by atoms with Crippen LogP contribution >= 0.6 is 0 Å². The van der Waals surface area contributed by atoms with Crippen molar-refractivity contribution in [3.8, 4) is 0 Å². The summed E-state index contributed by atoms with van der Waals surface area (Å²) < 4.78 is 10.4. The molecule has 94 valence electrons. The van der Waals surface area contributed by atoms with Crippen molar-refractivity contribution in [1.29, 1.82) is 0 Å². The molecule has 0 aromatic carbocycles. The van der Waals surface area contributed by atoms with Crippen LogP contribution in [-0.4, -0.2) is 35.1 Å². The number of hydrogen-bond acceptors (Lipinski definition) is 6. The topological polar surface area (TPSA) is 96.4 Å². The number of carbonyl (C=O) groups excluding carboxylic acids is 2. The number of anilines is 1. The molecule has 0 aliphatic rings. The van der Waals surface area contributed by atoms with Crippen molar-refractivity contribution in [3.63, 3.8) is 0 Å². The fraction of sp³-hybridized carbons (Fsp3) is 0.500. The molecule has 1 aromatic rings. The van der Waals surface area contributed by atoms with E-state index < -0.39 is 12.1 Å². The minimum Gasteiger partial charge on any atom is -0.462 e. The molecule has 0 aliphatic heterocycles. The lowest BCUT2D eigenvalue weighted by Gasteiger charge is -2.03. The van der Waals surface area contributed by atoms with Gasteiger partial charge in [0, 0.05) is 0 Å². The Balaban J connectivity index is 3.09. The fourth-order valence-corrected chi connectivity index (χ4v) is 1.32. The van der Waals surface area contributed by atoms with E-state index in [2.05, 4.69) is 5.10 Å². The van der Waals surface area contributed by atoms with Crippen molar-refractivity contribution >= 4 is 17.9 Å². The molecule has 0 bridgehead atoms. The molecule has 0 saturated heterocycles. The normalized spacial score (nSPS) is 10.1. The fourth-order valence-electron chi connectivity index (χ4n) is 1.32. The molecule has 7 heteroatoms. The van der Waals surface area contributed by atoms with Crippen LogP contribution in [0.4, 0.5) is 10.6 Å². The number of carbonyl (C=O) groups is 2. The number of hydrogen-bond donors (Lipinski definition) is 1. The summed E-state index contributed by atoms with van der Waals surface area (Å²) in [6.45, 7) is 5.34. The van der Waals surface area contributed by atoms with Gasteiger partial charge >= 0.3 is 12.1 Å². The van der Waals surface area contributed by atoms with E-state index in [0.29, 0.717) is 5.69 Å². The highest BCUT2D eigenvalue weighted by Crippen LogP contribution is 2.17. The number of aromatic nitrogens is 2. The second kappa shape index (κ2) is 5.33. The van der Waals surface area contributed by atoms with Crippen LogP contribution < -0.4 is 5.73 Å². The third-order valence-corrected chi connectivity index (χ3v) is 2.02. The maximum Gasteiger partial charge on any atom is 0.436 e. The lowest BCUT2D eigenvalue weighted by molar-refractivity contribution is 0.0527. The SMILES string of the molecule is CCOC(=O)c1c(C)nn(C(=O)OCC)c1N. The average Bonchev–Trinajstić information content (AvgIpc) is 2.55. The van der Waals surface area contributed by atoms with E-state index in [0.717, 1.165) is 4.68 Å². The smallest absolute Gasteiger partial charge is 0.436 e. The van der Waals surface area contributed by atoms with Crippen LogP contribution in [0.25, 0.3) is 0 Å². The van der Waals surface area contributed by atoms with E-state index in [4.69, 9.17) is 15.2 Å². The number of nitrogen functional groups attached to an aromatic ring is 1. The molecule has 7 nitrogen and oxygen atoms in total. The summed E-state index contributed by atoms with van der Waals surface area (Å²) in [5.41, 5.74) is 6.09. The lowest BCUT2D eigenvalue weighted by Crippen LogP contribution is -2.18. The second-order valence-corrected chi connectivity index (χ2v) is 3.18. The molecule has 2 N–H and O–H groups in total. The Morgan fingerprint density at radius 1 is 1.29 bits per heavy atom. The summed E-state index contributed by atoms with van der Waals surface area (Å²) in [6.07, 6.45) is -0.719. The lowest BCUT2D eigenvalue weighted by atomic mass is 10.2. The predicted molar refractivity (Wildman–Crippen MR) is 59.8 cm³/mol. The molecule has 0 fully saturated rings. The Bertz CT molecular complexity index is 439. The summed E-state index contributed by atoms with van der Waals surface area (Å²) in [6, 6.07) is 0. The molecule has 0 amide bonds. The van der Waals surface area contributed by atoms with E-state index in [1.807, 2.05) is 0 Å². The van der Waals surface area contributed by atoms with Gasteiger partial charge in [0.25, 0.3) is 0 Å². The molecule has 0 saturated carbocycles. The Morgan fingerprint density at radius 3 is 2.41 bits per heavy atom. The van der Waals surface area contributed by atoms with Gasteiger partial charge in [-0.2, -0.15) is 5.10 Å².